The zero-order valence-corrected chi connectivity index (χ0v) is 13.2. The molecule has 0 saturated heterocycles. The first-order valence-electron chi connectivity index (χ1n) is 6.43. The molecule has 0 atom stereocenters. The van der Waals surface area contributed by atoms with Crippen molar-refractivity contribution in [2.24, 2.45) is 0 Å². The summed E-state index contributed by atoms with van der Waals surface area (Å²) >= 11 is 7.55. The van der Waals surface area contributed by atoms with E-state index in [9.17, 15) is 0 Å². The number of hydrogen-bond acceptors (Lipinski definition) is 3. The molecule has 2 aromatic carbocycles. The van der Waals surface area contributed by atoms with Crippen molar-refractivity contribution in [1.82, 2.24) is 0 Å². The van der Waals surface area contributed by atoms with E-state index in [0.29, 0.717) is 17.3 Å². The Bertz CT molecular complexity index is 581. The van der Waals surface area contributed by atoms with Crippen LogP contribution < -0.4 is 10.5 Å². The van der Waals surface area contributed by atoms with Crippen molar-refractivity contribution in [3.05, 3.63) is 52.5 Å². The molecule has 2 N–H and O–H groups in total. The monoisotopic (exact) mass is 307 g/mol. The van der Waals surface area contributed by atoms with Gasteiger partial charge in [0.1, 0.15) is 5.75 Å². The lowest BCUT2D eigenvalue weighted by Crippen LogP contribution is -2.01. The number of anilines is 1. The third-order valence-corrected chi connectivity index (χ3v) is 4.07. The molecular weight excluding hydrogens is 290 g/mol. The Labute approximate surface area is 129 Å². The zero-order valence-electron chi connectivity index (χ0n) is 11.7. The first-order chi connectivity index (χ1) is 9.54. The molecule has 0 radical (unpaired) electrons. The van der Waals surface area contributed by atoms with Crippen LogP contribution in [0.5, 0.6) is 5.75 Å². The number of hydrogen-bond donors (Lipinski definition) is 1. The van der Waals surface area contributed by atoms with Gasteiger partial charge in [0, 0.05) is 21.4 Å². The lowest BCUT2D eigenvalue weighted by Gasteiger charge is -2.09. The van der Waals surface area contributed by atoms with Crippen LogP contribution in [0.25, 0.3) is 0 Å². The number of rotatable bonds is 5. The molecule has 4 heteroatoms. The Morgan fingerprint density at radius 1 is 1.10 bits per heavy atom. The molecule has 2 nitrogen and oxygen atoms in total. The molecule has 0 heterocycles. The van der Waals surface area contributed by atoms with Crippen LogP contribution in [-0.4, -0.2) is 12.4 Å². The lowest BCUT2D eigenvalue weighted by atomic mass is 10.1. The first kappa shape index (κ1) is 15.1. The van der Waals surface area contributed by atoms with E-state index in [1.54, 1.807) is 17.8 Å². The summed E-state index contributed by atoms with van der Waals surface area (Å²) in [5, 5.41) is 0.665. The topological polar surface area (TPSA) is 35.2 Å². The van der Waals surface area contributed by atoms with Crippen LogP contribution in [0.4, 0.5) is 5.69 Å². The number of thioether (sulfide) groups is 1. The second kappa shape index (κ2) is 6.91. The molecule has 0 amide bonds. The summed E-state index contributed by atoms with van der Waals surface area (Å²) in [4.78, 5) is 1.04. The number of nitrogens with two attached hydrogens (primary N) is 1. The summed E-state index contributed by atoms with van der Waals surface area (Å²) < 4.78 is 5.77. The van der Waals surface area contributed by atoms with Crippen molar-refractivity contribution in [2.45, 2.75) is 18.7 Å². The van der Waals surface area contributed by atoms with Gasteiger partial charge in [-0.3, -0.25) is 0 Å². The van der Waals surface area contributed by atoms with Crippen molar-refractivity contribution in [1.29, 1.82) is 0 Å². The van der Waals surface area contributed by atoms with E-state index in [0.717, 1.165) is 16.4 Å². The van der Waals surface area contributed by atoms with Gasteiger partial charge in [-0.1, -0.05) is 17.7 Å². The maximum atomic E-state index is 5.91. The number of benzene rings is 2. The zero-order chi connectivity index (χ0) is 14.5. The number of ether oxygens (including phenoxy) is 1. The fourth-order valence-electron chi connectivity index (χ4n) is 1.98. The average Bonchev–Trinajstić information content (AvgIpc) is 2.35. The minimum Gasteiger partial charge on any atom is -0.493 e. The Hall–Kier alpha value is -1.32. The number of nitrogen functional groups attached to an aromatic ring is 1. The summed E-state index contributed by atoms with van der Waals surface area (Å²) in [6.45, 7) is 4.79. The fraction of sp³-hybridized carbons (Fsp3) is 0.250. The summed E-state index contributed by atoms with van der Waals surface area (Å²) in [6.07, 6.45) is 0. The third kappa shape index (κ3) is 4.36. The van der Waals surface area contributed by atoms with Crippen LogP contribution in [-0.2, 0) is 0 Å². The van der Waals surface area contributed by atoms with Gasteiger partial charge in [0.25, 0.3) is 0 Å². The minimum absolute atomic E-state index is 0.648. The Balaban J connectivity index is 1.84. The van der Waals surface area contributed by atoms with E-state index in [1.807, 2.05) is 24.3 Å². The Kier molecular flexibility index (Phi) is 5.21. The highest BCUT2D eigenvalue weighted by Crippen LogP contribution is 2.27. The maximum absolute atomic E-state index is 5.91. The van der Waals surface area contributed by atoms with Crippen LogP contribution in [0.15, 0.2) is 41.3 Å². The summed E-state index contributed by atoms with van der Waals surface area (Å²) in [5.41, 5.74) is 9.06. The van der Waals surface area contributed by atoms with E-state index in [1.165, 1.54) is 11.1 Å². The van der Waals surface area contributed by atoms with Gasteiger partial charge in [0.2, 0.25) is 0 Å². The van der Waals surface area contributed by atoms with Crippen LogP contribution >= 0.6 is 23.4 Å². The SMILES string of the molecule is Cc1cc(C)cc(OCCSc2ccc(Cl)cc2N)c1. The smallest absolute Gasteiger partial charge is 0.119 e. The summed E-state index contributed by atoms with van der Waals surface area (Å²) in [7, 11) is 0. The standard InChI is InChI=1S/C16H18ClNOS/c1-11-7-12(2)9-14(8-11)19-5-6-20-16-4-3-13(17)10-15(16)18/h3-4,7-10H,5-6,18H2,1-2H3. The average molecular weight is 308 g/mol. The number of halogens is 1. The third-order valence-electron chi connectivity index (χ3n) is 2.78. The largest absolute Gasteiger partial charge is 0.493 e. The van der Waals surface area contributed by atoms with Gasteiger partial charge in [0.05, 0.1) is 6.61 Å². The fourth-order valence-corrected chi connectivity index (χ4v) is 2.94. The Morgan fingerprint density at radius 2 is 1.80 bits per heavy atom. The molecule has 0 aliphatic carbocycles. The highest BCUT2D eigenvalue weighted by Gasteiger charge is 2.02. The second-order valence-corrected chi connectivity index (χ2v) is 6.28. The molecule has 2 aromatic rings. The predicted molar refractivity (Wildman–Crippen MR) is 88.0 cm³/mol. The van der Waals surface area contributed by atoms with Crippen LogP contribution in [0.3, 0.4) is 0 Å². The van der Waals surface area contributed by atoms with E-state index in [2.05, 4.69) is 19.9 Å². The normalized spacial score (nSPS) is 10.6. The molecule has 0 fully saturated rings. The molecular formula is C16H18ClNOS. The highest BCUT2D eigenvalue weighted by molar-refractivity contribution is 7.99. The lowest BCUT2D eigenvalue weighted by molar-refractivity contribution is 0.343. The quantitative estimate of drug-likeness (QED) is 0.493. The van der Waals surface area contributed by atoms with Crippen molar-refractivity contribution in [3.63, 3.8) is 0 Å². The van der Waals surface area contributed by atoms with Crippen molar-refractivity contribution >= 4 is 29.1 Å². The maximum Gasteiger partial charge on any atom is 0.119 e. The summed E-state index contributed by atoms with van der Waals surface area (Å²) in [6, 6.07) is 11.8. The predicted octanol–water partition coefficient (Wildman–Crippen LogP) is 4.71. The molecule has 2 rings (SSSR count). The van der Waals surface area contributed by atoms with Gasteiger partial charge in [-0.05, 0) is 55.3 Å². The van der Waals surface area contributed by atoms with Crippen LogP contribution in [0.2, 0.25) is 5.02 Å². The van der Waals surface area contributed by atoms with Gasteiger partial charge in [-0.25, -0.2) is 0 Å². The van der Waals surface area contributed by atoms with E-state index in [4.69, 9.17) is 22.1 Å². The molecule has 0 unspecified atom stereocenters. The molecule has 20 heavy (non-hydrogen) atoms. The molecule has 0 aliphatic rings. The van der Waals surface area contributed by atoms with Gasteiger partial charge in [-0.2, -0.15) is 0 Å². The van der Waals surface area contributed by atoms with Gasteiger partial charge in [0.15, 0.2) is 0 Å². The molecule has 0 aliphatic heterocycles. The molecule has 106 valence electrons. The van der Waals surface area contributed by atoms with Gasteiger partial charge >= 0.3 is 0 Å². The van der Waals surface area contributed by atoms with E-state index in [-0.39, 0.29) is 0 Å². The highest BCUT2D eigenvalue weighted by atomic mass is 35.5. The minimum atomic E-state index is 0.648. The van der Waals surface area contributed by atoms with Gasteiger partial charge < -0.3 is 10.5 Å². The second-order valence-electron chi connectivity index (χ2n) is 4.70. The Morgan fingerprint density at radius 3 is 2.45 bits per heavy atom. The van der Waals surface area contributed by atoms with Gasteiger partial charge in [-0.15, -0.1) is 11.8 Å². The van der Waals surface area contributed by atoms with Crippen molar-refractivity contribution in [3.8, 4) is 5.75 Å². The van der Waals surface area contributed by atoms with E-state index < -0.39 is 0 Å². The van der Waals surface area contributed by atoms with E-state index >= 15 is 0 Å². The van der Waals surface area contributed by atoms with Crippen molar-refractivity contribution < 1.29 is 4.74 Å². The van der Waals surface area contributed by atoms with Crippen molar-refractivity contribution in [2.75, 3.05) is 18.1 Å². The van der Waals surface area contributed by atoms with Crippen LogP contribution in [0.1, 0.15) is 11.1 Å². The number of aryl methyl sites for hydroxylation is 2. The molecule has 0 bridgehead atoms. The molecule has 0 saturated carbocycles. The summed E-state index contributed by atoms with van der Waals surface area (Å²) in [5.74, 6) is 1.77. The molecule has 0 aromatic heterocycles. The van der Waals surface area contributed by atoms with Crippen LogP contribution in [0, 0.1) is 13.8 Å². The molecule has 0 spiro atoms. The first-order valence-corrected chi connectivity index (χ1v) is 7.80.